The molecule has 1 aromatic rings. The molecule has 0 aromatic heterocycles. The van der Waals surface area contributed by atoms with Gasteiger partial charge < -0.3 is 0 Å². The highest BCUT2D eigenvalue weighted by Crippen LogP contribution is 2.16. The van der Waals surface area contributed by atoms with E-state index in [2.05, 4.69) is 53.2 Å². The minimum absolute atomic E-state index is 0.772. The summed E-state index contributed by atoms with van der Waals surface area (Å²) in [7, 11) is 0. The molecule has 0 aliphatic heterocycles. The van der Waals surface area contributed by atoms with Gasteiger partial charge in [0.1, 0.15) is 0 Å². The number of thioether (sulfide) groups is 1. The standard InChI is InChI=1S/C11H15BrS/c1-10(7-12)8-13-9-11-5-3-2-4-6-11/h2-6,10H,7-9H2,1H3. The molecule has 0 saturated carbocycles. The molecule has 1 rings (SSSR count). The first kappa shape index (κ1) is 11.1. The normalized spacial score (nSPS) is 12.8. The van der Waals surface area contributed by atoms with E-state index in [1.807, 2.05) is 11.8 Å². The summed E-state index contributed by atoms with van der Waals surface area (Å²) in [4.78, 5) is 0. The smallest absolute Gasteiger partial charge is 0.0184 e. The predicted octanol–water partition coefficient (Wildman–Crippen LogP) is 3.95. The second kappa shape index (κ2) is 6.50. The van der Waals surface area contributed by atoms with Crippen molar-refractivity contribution in [1.82, 2.24) is 0 Å². The van der Waals surface area contributed by atoms with Crippen LogP contribution in [0.15, 0.2) is 30.3 Å². The van der Waals surface area contributed by atoms with E-state index in [0.29, 0.717) is 0 Å². The maximum atomic E-state index is 3.49. The van der Waals surface area contributed by atoms with Gasteiger partial charge in [-0.25, -0.2) is 0 Å². The van der Waals surface area contributed by atoms with Crippen LogP contribution in [0.5, 0.6) is 0 Å². The van der Waals surface area contributed by atoms with Crippen LogP contribution in [0.2, 0.25) is 0 Å². The van der Waals surface area contributed by atoms with Gasteiger partial charge in [-0.15, -0.1) is 0 Å². The van der Waals surface area contributed by atoms with Gasteiger partial charge in [-0.05, 0) is 17.2 Å². The van der Waals surface area contributed by atoms with Crippen LogP contribution in [-0.2, 0) is 5.75 Å². The van der Waals surface area contributed by atoms with Crippen molar-refractivity contribution in [1.29, 1.82) is 0 Å². The minimum atomic E-state index is 0.772. The molecule has 0 heterocycles. The lowest BCUT2D eigenvalue weighted by Gasteiger charge is -2.06. The molecule has 0 nitrogen and oxygen atoms in total. The maximum absolute atomic E-state index is 3.49. The summed E-state index contributed by atoms with van der Waals surface area (Å²) in [6, 6.07) is 10.6. The van der Waals surface area contributed by atoms with Gasteiger partial charge in [0.2, 0.25) is 0 Å². The molecule has 72 valence electrons. The molecule has 1 unspecified atom stereocenters. The Labute approximate surface area is 93.2 Å². The molecular weight excluding hydrogens is 244 g/mol. The third-order valence-corrected chi connectivity index (χ3v) is 4.22. The van der Waals surface area contributed by atoms with Gasteiger partial charge >= 0.3 is 0 Å². The summed E-state index contributed by atoms with van der Waals surface area (Å²) in [6.07, 6.45) is 0. The molecule has 0 fully saturated rings. The van der Waals surface area contributed by atoms with Gasteiger partial charge in [-0.2, -0.15) is 11.8 Å². The Kier molecular flexibility index (Phi) is 5.56. The quantitative estimate of drug-likeness (QED) is 0.721. The number of halogens is 1. The largest absolute Gasteiger partial charge is 0.157 e. The molecule has 0 saturated heterocycles. The molecule has 1 atom stereocenters. The van der Waals surface area contributed by atoms with Crippen LogP contribution in [0.1, 0.15) is 12.5 Å². The van der Waals surface area contributed by atoms with Crippen molar-refractivity contribution in [2.45, 2.75) is 12.7 Å². The summed E-state index contributed by atoms with van der Waals surface area (Å²) in [5.41, 5.74) is 1.43. The van der Waals surface area contributed by atoms with E-state index in [4.69, 9.17) is 0 Å². The highest BCUT2D eigenvalue weighted by molar-refractivity contribution is 9.09. The van der Waals surface area contributed by atoms with E-state index in [-0.39, 0.29) is 0 Å². The van der Waals surface area contributed by atoms with Crippen molar-refractivity contribution >= 4 is 27.7 Å². The topological polar surface area (TPSA) is 0 Å². The van der Waals surface area contributed by atoms with Crippen LogP contribution >= 0.6 is 27.7 Å². The molecular formula is C11H15BrS. The van der Waals surface area contributed by atoms with E-state index < -0.39 is 0 Å². The van der Waals surface area contributed by atoms with Gasteiger partial charge in [0.15, 0.2) is 0 Å². The van der Waals surface area contributed by atoms with Gasteiger partial charge in [0, 0.05) is 11.1 Å². The Morgan fingerprint density at radius 2 is 2.00 bits per heavy atom. The molecule has 0 spiro atoms. The number of rotatable bonds is 5. The Balaban J connectivity index is 2.20. The SMILES string of the molecule is CC(CBr)CSCc1ccccc1. The maximum Gasteiger partial charge on any atom is 0.0184 e. The minimum Gasteiger partial charge on any atom is -0.157 e. The Morgan fingerprint density at radius 3 is 2.62 bits per heavy atom. The van der Waals surface area contributed by atoms with Crippen LogP contribution in [0, 0.1) is 5.92 Å². The zero-order valence-corrected chi connectivity index (χ0v) is 10.3. The number of hydrogen-bond acceptors (Lipinski definition) is 1. The van der Waals surface area contributed by atoms with Gasteiger partial charge in [0.05, 0.1) is 0 Å². The first-order valence-electron chi connectivity index (χ1n) is 4.50. The van der Waals surface area contributed by atoms with E-state index in [1.54, 1.807) is 0 Å². The first-order chi connectivity index (χ1) is 6.33. The lowest BCUT2D eigenvalue weighted by Crippen LogP contribution is -1.98. The fourth-order valence-electron chi connectivity index (χ4n) is 0.997. The fraction of sp³-hybridized carbons (Fsp3) is 0.455. The third-order valence-electron chi connectivity index (χ3n) is 1.78. The number of benzene rings is 1. The van der Waals surface area contributed by atoms with Crippen molar-refractivity contribution in [3.63, 3.8) is 0 Å². The van der Waals surface area contributed by atoms with Crippen LogP contribution < -0.4 is 0 Å². The summed E-state index contributed by atoms with van der Waals surface area (Å²) in [5, 5.41) is 1.11. The summed E-state index contributed by atoms with van der Waals surface area (Å²) in [6.45, 7) is 2.27. The zero-order chi connectivity index (χ0) is 9.52. The third kappa shape index (κ3) is 4.72. The Hall–Kier alpha value is 0.0500. The molecule has 0 N–H and O–H groups in total. The predicted molar refractivity (Wildman–Crippen MR) is 65.6 cm³/mol. The monoisotopic (exact) mass is 258 g/mol. The Morgan fingerprint density at radius 1 is 1.31 bits per heavy atom. The molecule has 0 aliphatic rings. The van der Waals surface area contributed by atoms with Crippen LogP contribution in [0.4, 0.5) is 0 Å². The molecule has 0 bridgehead atoms. The van der Waals surface area contributed by atoms with E-state index in [0.717, 1.165) is 17.0 Å². The fourth-order valence-corrected chi connectivity index (χ4v) is 2.59. The van der Waals surface area contributed by atoms with Crippen LogP contribution in [0.25, 0.3) is 0 Å². The summed E-state index contributed by atoms with van der Waals surface area (Å²) in [5.74, 6) is 3.15. The van der Waals surface area contributed by atoms with Crippen molar-refractivity contribution in [2.24, 2.45) is 5.92 Å². The van der Waals surface area contributed by atoms with Crippen molar-refractivity contribution in [3.05, 3.63) is 35.9 Å². The number of hydrogen-bond donors (Lipinski definition) is 0. The molecule has 13 heavy (non-hydrogen) atoms. The lowest BCUT2D eigenvalue weighted by atomic mass is 10.2. The van der Waals surface area contributed by atoms with Gasteiger partial charge in [-0.3, -0.25) is 0 Å². The van der Waals surface area contributed by atoms with Crippen molar-refractivity contribution in [3.8, 4) is 0 Å². The van der Waals surface area contributed by atoms with Crippen molar-refractivity contribution < 1.29 is 0 Å². The van der Waals surface area contributed by atoms with Gasteiger partial charge in [0.25, 0.3) is 0 Å². The van der Waals surface area contributed by atoms with E-state index in [9.17, 15) is 0 Å². The molecule has 0 amide bonds. The second-order valence-corrected chi connectivity index (χ2v) is 4.94. The summed E-state index contributed by atoms with van der Waals surface area (Å²) < 4.78 is 0. The van der Waals surface area contributed by atoms with E-state index in [1.165, 1.54) is 11.3 Å². The molecule has 0 radical (unpaired) electrons. The number of alkyl halides is 1. The average Bonchev–Trinajstić information content (AvgIpc) is 2.19. The zero-order valence-electron chi connectivity index (χ0n) is 7.87. The highest BCUT2D eigenvalue weighted by atomic mass is 79.9. The second-order valence-electron chi connectivity index (χ2n) is 3.26. The molecule has 0 aliphatic carbocycles. The average molecular weight is 259 g/mol. The highest BCUT2D eigenvalue weighted by Gasteiger charge is 1.99. The molecule has 2 heteroatoms. The summed E-state index contributed by atoms with van der Waals surface area (Å²) >= 11 is 5.50. The Bertz CT molecular complexity index is 223. The van der Waals surface area contributed by atoms with Crippen LogP contribution in [-0.4, -0.2) is 11.1 Å². The van der Waals surface area contributed by atoms with Crippen molar-refractivity contribution in [2.75, 3.05) is 11.1 Å². The lowest BCUT2D eigenvalue weighted by molar-refractivity contribution is 0.770. The van der Waals surface area contributed by atoms with Crippen LogP contribution in [0.3, 0.4) is 0 Å². The first-order valence-corrected chi connectivity index (χ1v) is 6.78. The molecule has 1 aromatic carbocycles. The van der Waals surface area contributed by atoms with Gasteiger partial charge in [-0.1, -0.05) is 53.2 Å². The van der Waals surface area contributed by atoms with E-state index >= 15 is 0 Å².